The molecule has 0 aromatic carbocycles. The van der Waals surface area contributed by atoms with Crippen molar-refractivity contribution in [2.45, 2.75) is 115 Å². The number of unbranched alkanes of at least 4 members (excludes halogenated alkanes) is 7. The Morgan fingerprint density at radius 3 is 1.65 bits per heavy atom. The zero-order valence-corrected chi connectivity index (χ0v) is 19.9. The first-order valence-electron chi connectivity index (χ1n) is 10.5. The minimum atomic E-state index is -0.698. The van der Waals surface area contributed by atoms with Crippen LogP contribution < -0.4 is 0 Å². The van der Waals surface area contributed by atoms with Crippen LogP contribution in [0.2, 0.25) is 0 Å². The summed E-state index contributed by atoms with van der Waals surface area (Å²) in [5.74, 6) is 1.12. The molecule has 0 aliphatic rings. The van der Waals surface area contributed by atoms with E-state index in [4.69, 9.17) is 14.0 Å². The fourth-order valence-corrected chi connectivity index (χ4v) is 3.61. The first-order valence-corrected chi connectivity index (χ1v) is 12.6. The van der Waals surface area contributed by atoms with E-state index in [1.165, 1.54) is 51.4 Å². The molecule has 0 radical (unpaired) electrons. The van der Waals surface area contributed by atoms with Gasteiger partial charge in [-0.25, -0.2) is 0 Å². The predicted molar refractivity (Wildman–Crippen MR) is 124 cm³/mol. The summed E-state index contributed by atoms with van der Waals surface area (Å²) in [5, 5.41) is 0. The molecule has 0 aliphatic heterocycles. The van der Waals surface area contributed by atoms with Crippen molar-refractivity contribution in [2.24, 2.45) is 0 Å². The van der Waals surface area contributed by atoms with Gasteiger partial charge >= 0.3 is 7.32 Å². The van der Waals surface area contributed by atoms with Gasteiger partial charge in [0.2, 0.25) is 0 Å². The lowest BCUT2D eigenvalue weighted by atomic mass is 10.1. The maximum Gasteiger partial charge on any atom is 0.641 e. The van der Waals surface area contributed by atoms with Crippen molar-refractivity contribution in [1.29, 1.82) is 0 Å². The number of rotatable bonds is 19. The van der Waals surface area contributed by atoms with Crippen LogP contribution in [0.4, 0.5) is 0 Å². The zero-order valence-electron chi connectivity index (χ0n) is 17.3. The molecule has 3 unspecified atom stereocenters. The van der Waals surface area contributed by atoms with Gasteiger partial charge in [0, 0.05) is 0 Å². The molecule has 0 fully saturated rings. The van der Waals surface area contributed by atoms with Gasteiger partial charge in [0.25, 0.3) is 0 Å². The van der Waals surface area contributed by atoms with Gasteiger partial charge in [0.15, 0.2) is 0 Å². The van der Waals surface area contributed by atoms with E-state index in [0.717, 1.165) is 25.0 Å². The van der Waals surface area contributed by atoms with Crippen molar-refractivity contribution in [1.82, 2.24) is 0 Å². The van der Waals surface area contributed by atoms with Crippen LogP contribution >= 0.6 is 37.0 Å². The highest BCUT2D eigenvalue weighted by molar-refractivity contribution is 7.99. The molecule has 3 nitrogen and oxygen atoms in total. The highest BCUT2D eigenvalue weighted by atomic mass is 32.2. The summed E-state index contributed by atoms with van der Waals surface area (Å²) in [5.41, 5.74) is -0.292. The smallest absolute Gasteiger partial charge is 0.374 e. The highest BCUT2D eigenvalue weighted by Gasteiger charge is 2.29. The van der Waals surface area contributed by atoms with Gasteiger partial charge in [-0.05, 0) is 31.4 Å². The van der Waals surface area contributed by atoms with Crippen molar-refractivity contribution in [3.63, 3.8) is 0 Å². The van der Waals surface area contributed by atoms with Crippen LogP contribution in [0.5, 0.6) is 0 Å². The Labute approximate surface area is 178 Å². The Balaban J connectivity index is 4.02. The fourth-order valence-electron chi connectivity index (χ4n) is 2.37. The quantitative estimate of drug-likeness (QED) is 0.101. The molecule has 0 amide bonds. The molecule has 0 saturated heterocycles. The third-order valence-corrected chi connectivity index (χ3v) is 6.45. The minimum Gasteiger partial charge on any atom is -0.374 e. The summed E-state index contributed by atoms with van der Waals surface area (Å²) in [7, 11) is -0.698. The molecule has 0 heterocycles. The highest BCUT2D eigenvalue weighted by Crippen LogP contribution is 2.22. The lowest BCUT2D eigenvalue weighted by molar-refractivity contribution is 0.0676. The first-order chi connectivity index (χ1) is 12.6. The number of hydrogen-bond donors (Lipinski definition) is 2. The van der Waals surface area contributed by atoms with Crippen molar-refractivity contribution >= 4 is 44.3 Å². The van der Waals surface area contributed by atoms with Crippen molar-refractivity contribution in [2.75, 3.05) is 5.75 Å². The molecule has 0 saturated carbocycles. The summed E-state index contributed by atoms with van der Waals surface area (Å²) in [6.45, 7) is 8.46. The van der Waals surface area contributed by atoms with Crippen LogP contribution in [0, 0.1) is 0 Å². The molecule has 0 N–H and O–H groups in total. The third kappa shape index (κ3) is 16.0. The average molecular weight is 425 g/mol. The molecule has 7 heteroatoms. The van der Waals surface area contributed by atoms with Crippen LogP contribution in [-0.2, 0) is 14.0 Å². The molecule has 26 heavy (non-hydrogen) atoms. The predicted octanol–water partition coefficient (Wildman–Crippen LogP) is 6.96. The van der Waals surface area contributed by atoms with Gasteiger partial charge < -0.3 is 14.0 Å². The summed E-state index contributed by atoms with van der Waals surface area (Å²) in [6.07, 6.45) is 13.3. The number of hydrogen-bond acceptors (Lipinski definition) is 6. The van der Waals surface area contributed by atoms with Crippen molar-refractivity contribution < 1.29 is 14.0 Å². The summed E-state index contributed by atoms with van der Waals surface area (Å²) >= 11 is 10.7. The van der Waals surface area contributed by atoms with Crippen molar-refractivity contribution in [3.8, 4) is 0 Å². The number of thioether (sulfide) groups is 1. The minimum absolute atomic E-state index is 0.0827. The van der Waals surface area contributed by atoms with Gasteiger partial charge in [-0.3, -0.25) is 0 Å². The molecule has 0 rings (SSSR count). The van der Waals surface area contributed by atoms with Crippen molar-refractivity contribution in [3.05, 3.63) is 0 Å². The Kier molecular flexibility index (Phi) is 20.1. The standard InChI is InChI=1S/C19H41BO3S3/c1-5-9-10-11-12-13-14-15-16-26-19(8-4)23-20(21-17(24)6-2)22-18(25)7-3/h17-19,24-25H,5-16H2,1-4H3. The van der Waals surface area contributed by atoms with Crippen LogP contribution in [-0.4, -0.2) is 29.4 Å². The third-order valence-electron chi connectivity index (χ3n) is 4.13. The Morgan fingerprint density at radius 1 is 0.692 bits per heavy atom. The lowest BCUT2D eigenvalue weighted by Crippen LogP contribution is -2.35. The Hall–Kier alpha value is 0.995. The van der Waals surface area contributed by atoms with Gasteiger partial charge in [-0.1, -0.05) is 72.6 Å². The molecule has 156 valence electrons. The van der Waals surface area contributed by atoms with E-state index < -0.39 is 7.32 Å². The maximum absolute atomic E-state index is 6.04. The Morgan fingerprint density at radius 2 is 1.19 bits per heavy atom. The van der Waals surface area contributed by atoms with Crippen LogP contribution in [0.1, 0.15) is 98.3 Å². The first kappa shape index (κ1) is 27.0. The molecule has 0 aliphatic carbocycles. The van der Waals surface area contributed by atoms with Gasteiger partial charge in [-0.15, -0.1) is 37.0 Å². The van der Waals surface area contributed by atoms with E-state index in [2.05, 4.69) is 39.1 Å². The second-order valence-electron chi connectivity index (χ2n) is 6.61. The molecule has 0 aromatic heterocycles. The maximum atomic E-state index is 6.04. The van der Waals surface area contributed by atoms with E-state index in [1.54, 1.807) is 0 Å². The molecule has 0 spiro atoms. The molecule has 0 bridgehead atoms. The number of thiol groups is 2. The van der Waals surface area contributed by atoms with Crippen LogP contribution in [0.25, 0.3) is 0 Å². The normalized spacial score (nSPS) is 15.0. The largest absolute Gasteiger partial charge is 0.641 e. The molecular formula is C19H41BO3S3. The Bertz CT molecular complexity index is 289. The summed E-state index contributed by atoms with van der Waals surface area (Å²) in [6, 6.07) is 0. The average Bonchev–Trinajstić information content (AvgIpc) is 2.65. The summed E-state index contributed by atoms with van der Waals surface area (Å²) < 4.78 is 17.5. The van der Waals surface area contributed by atoms with Gasteiger partial charge in [-0.2, -0.15) is 0 Å². The topological polar surface area (TPSA) is 27.7 Å². The van der Waals surface area contributed by atoms with Crippen LogP contribution in [0.3, 0.4) is 0 Å². The molecule has 0 aromatic rings. The lowest BCUT2D eigenvalue weighted by Gasteiger charge is -2.24. The zero-order chi connectivity index (χ0) is 19.6. The van der Waals surface area contributed by atoms with Gasteiger partial charge in [0.05, 0.1) is 16.3 Å². The SMILES string of the molecule is CCCCCCCCCCSC(CC)OB(OC(S)CC)OC(S)CC. The van der Waals surface area contributed by atoms with E-state index in [-0.39, 0.29) is 16.3 Å². The second kappa shape index (κ2) is 19.3. The van der Waals surface area contributed by atoms with Crippen LogP contribution in [0.15, 0.2) is 0 Å². The van der Waals surface area contributed by atoms with E-state index in [0.29, 0.717) is 0 Å². The van der Waals surface area contributed by atoms with E-state index in [1.807, 2.05) is 25.6 Å². The van der Waals surface area contributed by atoms with E-state index >= 15 is 0 Å². The monoisotopic (exact) mass is 424 g/mol. The van der Waals surface area contributed by atoms with E-state index in [9.17, 15) is 0 Å². The molecule has 3 atom stereocenters. The van der Waals surface area contributed by atoms with Gasteiger partial charge in [0.1, 0.15) is 0 Å². The summed E-state index contributed by atoms with van der Waals surface area (Å²) in [4.78, 5) is 0. The second-order valence-corrected chi connectivity index (χ2v) is 9.03. The molecular weight excluding hydrogens is 383 g/mol. The fraction of sp³-hybridized carbons (Fsp3) is 1.00.